The molecule has 1 aromatic carbocycles. The van der Waals surface area contributed by atoms with E-state index in [1.165, 1.54) is 24.6 Å². The molecule has 0 saturated heterocycles. The van der Waals surface area contributed by atoms with E-state index < -0.39 is 0 Å². The van der Waals surface area contributed by atoms with Gasteiger partial charge in [0.25, 0.3) is 0 Å². The molecule has 0 heterocycles. The first kappa shape index (κ1) is 20.7. The molecule has 0 amide bonds. The predicted octanol–water partition coefficient (Wildman–Crippen LogP) is 2.94. The topological polar surface area (TPSA) is 93.0 Å². The van der Waals surface area contributed by atoms with Crippen molar-refractivity contribution in [1.29, 1.82) is 10.8 Å². The number of hydrogen-bond acceptors (Lipinski definition) is 6. The van der Waals surface area contributed by atoms with E-state index in [2.05, 4.69) is 28.1 Å². The van der Waals surface area contributed by atoms with E-state index in [1.807, 2.05) is 25.2 Å². The van der Waals surface area contributed by atoms with Gasteiger partial charge in [0.2, 0.25) is 0 Å². The minimum Gasteiger partial charge on any atom is -0.393 e. The van der Waals surface area contributed by atoms with Crippen molar-refractivity contribution in [3.05, 3.63) is 59.6 Å². The second-order valence-electron chi connectivity index (χ2n) is 6.62. The fraction of sp³-hybridized carbons (Fsp3) is 0.429. The predicted molar refractivity (Wildman–Crippen MR) is 111 cm³/mol. The van der Waals surface area contributed by atoms with Gasteiger partial charge in [-0.15, -0.1) is 0 Å². The summed E-state index contributed by atoms with van der Waals surface area (Å²) in [7, 11) is 3.59. The van der Waals surface area contributed by atoms with Crippen LogP contribution < -0.4 is 16.0 Å². The SMILES string of the molecule is CN/C=C(\C=N)C(=N)/C=C(\NC)N[C@H]1CCCC[C@@H]1OCc1ccccc1. The van der Waals surface area contributed by atoms with E-state index in [0.717, 1.165) is 18.7 Å². The Kier molecular flexibility index (Phi) is 8.58. The second kappa shape index (κ2) is 11.2. The van der Waals surface area contributed by atoms with Gasteiger partial charge in [-0.1, -0.05) is 43.2 Å². The summed E-state index contributed by atoms with van der Waals surface area (Å²) >= 11 is 0. The summed E-state index contributed by atoms with van der Waals surface area (Å²) in [5.74, 6) is 0.768. The Hall–Kier alpha value is -2.60. The Labute approximate surface area is 162 Å². The minimum atomic E-state index is 0.139. The molecule has 0 bridgehead atoms. The number of nitrogens with one attached hydrogen (secondary N) is 5. The maximum atomic E-state index is 8.20. The lowest BCUT2D eigenvalue weighted by molar-refractivity contribution is -0.00345. The molecule has 6 heteroatoms. The first-order valence-electron chi connectivity index (χ1n) is 9.46. The van der Waals surface area contributed by atoms with Gasteiger partial charge in [-0.2, -0.15) is 0 Å². The van der Waals surface area contributed by atoms with E-state index in [9.17, 15) is 0 Å². The third-order valence-electron chi connectivity index (χ3n) is 4.67. The minimum absolute atomic E-state index is 0.139. The third-order valence-corrected chi connectivity index (χ3v) is 4.67. The van der Waals surface area contributed by atoms with Crippen LogP contribution in [0.2, 0.25) is 0 Å². The van der Waals surface area contributed by atoms with Gasteiger partial charge < -0.3 is 31.5 Å². The Balaban J connectivity index is 2.01. The zero-order valence-corrected chi connectivity index (χ0v) is 16.2. The van der Waals surface area contributed by atoms with Gasteiger partial charge in [0.15, 0.2) is 0 Å². The monoisotopic (exact) mass is 369 g/mol. The lowest BCUT2D eigenvalue weighted by Crippen LogP contribution is -2.45. The highest BCUT2D eigenvalue weighted by Gasteiger charge is 2.26. The molecule has 1 fully saturated rings. The molecule has 1 aliphatic carbocycles. The molecule has 6 nitrogen and oxygen atoms in total. The highest BCUT2D eigenvalue weighted by atomic mass is 16.5. The molecule has 0 spiro atoms. The van der Waals surface area contributed by atoms with Crippen LogP contribution in [-0.4, -0.2) is 38.2 Å². The van der Waals surface area contributed by atoms with Crippen LogP contribution in [0.3, 0.4) is 0 Å². The second-order valence-corrected chi connectivity index (χ2v) is 6.62. The fourth-order valence-electron chi connectivity index (χ4n) is 3.21. The van der Waals surface area contributed by atoms with Gasteiger partial charge >= 0.3 is 0 Å². The average Bonchev–Trinajstić information content (AvgIpc) is 2.71. The largest absolute Gasteiger partial charge is 0.393 e. The number of allylic oxidation sites excluding steroid dienone is 2. The normalized spacial score (nSPS) is 20.7. The van der Waals surface area contributed by atoms with Gasteiger partial charge in [0.1, 0.15) is 5.82 Å². The number of ether oxygens (including phenoxy) is 1. The molecule has 146 valence electrons. The molecular formula is C21H31N5O. The molecule has 2 rings (SSSR count). The van der Waals surface area contributed by atoms with Crippen molar-refractivity contribution < 1.29 is 4.74 Å². The smallest absolute Gasteiger partial charge is 0.101 e. The summed E-state index contributed by atoms with van der Waals surface area (Å²) in [6, 6.07) is 10.4. The molecule has 1 aromatic rings. The van der Waals surface area contributed by atoms with Crippen LogP contribution in [0, 0.1) is 10.8 Å². The van der Waals surface area contributed by atoms with Crippen LogP contribution in [0.15, 0.2) is 54.0 Å². The maximum absolute atomic E-state index is 8.20. The molecule has 27 heavy (non-hydrogen) atoms. The molecule has 0 unspecified atom stereocenters. The maximum Gasteiger partial charge on any atom is 0.101 e. The Morgan fingerprint density at radius 2 is 1.93 bits per heavy atom. The molecule has 2 atom stereocenters. The zero-order chi connectivity index (χ0) is 19.5. The number of rotatable bonds is 10. The van der Waals surface area contributed by atoms with Crippen LogP contribution >= 0.6 is 0 Å². The Bertz CT molecular complexity index is 668. The van der Waals surface area contributed by atoms with Gasteiger partial charge in [-0.05, 0) is 18.4 Å². The molecular weight excluding hydrogens is 338 g/mol. The highest BCUT2D eigenvalue weighted by molar-refractivity contribution is 6.19. The van der Waals surface area contributed by atoms with Crippen LogP contribution in [0.4, 0.5) is 0 Å². The lowest BCUT2D eigenvalue weighted by Gasteiger charge is -2.33. The lowest BCUT2D eigenvalue weighted by atomic mass is 9.92. The summed E-state index contributed by atoms with van der Waals surface area (Å²) in [6.07, 6.45) is 9.09. The Morgan fingerprint density at radius 1 is 1.19 bits per heavy atom. The van der Waals surface area contributed by atoms with Crippen molar-refractivity contribution in [2.75, 3.05) is 14.1 Å². The van der Waals surface area contributed by atoms with E-state index in [-0.39, 0.29) is 17.9 Å². The van der Waals surface area contributed by atoms with Gasteiger partial charge in [-0.3, -0.25) is 0 Å². The molecule has 1 aliphatic rings. The van der Waals surface area contributed by atoms with E-state index in [0.29, 0.717) is 12.2 Å². The summed E-state index contributed by atoms with van der Waals surface area (Å²) in [5, 5.41) is 25.1. The summed E-state index contributed by atoms with van der Waals surface area (Å²) in [5.41, 5.74) is 1.97. The highest BCUT2D eigenvalue weighted by Crippen LogP contribution is 2.23. The summed E-state index contributed by atoms with van der Waals surface area (Å²) in [4.78, 5) is 0. The van der Waals surface area contributed by atoms with Crippen molar-refractivity contribution in [2.45, 2.75) is 44.4 Å². The zero-order valence-electron chi connectivity index (χ0n) is 16.2. The third kappa shape index (κ3) is 6.57. The first-order chi connectivity index (χ1) is 13.2. The van der Waals surface area contributed by atoms with Gasteiger partial charge in [-0.25, -0.2) is 0 Å². The van der Waals surface area contributed by atoms with Crippen LogP contribution in [0.25, 0.3) is 0 Å². The first-order valence-corrected chi connectivity index (χ1v) is 9.46. The van der Waals surface area contributed by atoms with Gasteiger partial charge in [0.05, 0.1) is 24.5 Å². The van der Waals surface area contributed by atoms with E-state index in [1.54, 1.807) is 19.3 Å². The van der Waals surface area contributed by atoms with Crippen molar-refractivity contribution in [3.8, 4) is 0 Å². The molecule has 0 radical (unpaired) electrons. The van der Waals surface area contributed by atoms with Crippen molar-refractivity contribution in [2.24, 2.45) is 0 Å². The number of benzene rings is 1. The van der Waals surface area contributed by atoms with E-state index >= 15 is 0 Å². The molecule has 0 aliphatic heterocycles. The molecule has 5 N–H and O–H groups in total. The van der Waals surface area contributed by atoms with Crippen LogP contribution in [0.1, 0.15) is 31.2 Å². The Morgan fingerprint density at radius 3 is 2.59 bits per heavy atom. The van der Waals surface area contributed by atoms with Crippen LogP contribution in [0.5, 0.6) is 0 Å². The average molecular weight is 370 g/mol. The fourth-order valence-corrected chi connectivity index (χ4v) is 3.21. The van der Waals surface area contributed by atoms with Crippen molar-refractivity contribution in [1.82, 2.24) is 16.0 Å². The summed E-state index contributed by atoms with van der Waals surface area (Å²) < 4.78 is 6.21. The van der Waals surface area contributed by atoms with Crippen molar-refractivity contribution >= 4 is 11.9 Å². The van der Waals surface area contributed by atoms with Gasteiger partial charge in [0, 0.05) is 38.2 Å². The number of hydrogen-bond donors (Lipinski definition) is 5. The molecule has 1 saturated carbocycles. The van der Waals surface area contributed by atoms with Crippen LogP contribution in [-0.2, 0) is 11.3 Å². The summed E-state index contributed by atoms with van der Waals surface area (Å²) in [6.45, 7) is 0.612. The molecule has 0 aromatic heterocycles. The van der Waals surface area contributed by atoms with E-state index in [4.69, 9.17) is 15.6 Å². The standard InChI is InChI=1S/C21H31N5O/c1-24-14-17(13-22)18(23)12-21(25-2)26-19-10-6-7-11-20(19)27-15-16-8-4-3-5-9-16/h3-5,8-9,12-14,19-20,22-26H,6-7,10-11,15H2,1-2H3/b17-14+,21-12+,22-13?,23-18?/t19-,20-/m0/s1. The quantitative estimate of drug-likeness (QED) is 0.410. The van der Waals surface area contributed by atoms with Crippen molar-refractivity contribution in [3.63, 3.8) is 0 Å².